The highest BCUT2D eigenvalue weighted by atomic mass is 32.2. The van der Waals surface area contributed by atoms with E-state index in [1.165, 1.54) is 6.07 Å². The summed E-state index contributed by atoms with van der Waals surface area (Å²) < 4.78 is 0. The van der Waals surface area contributed by atoms with E-state index in [-0.39, 0.29) is 12.8 Å². The van der Waals surface area contributed by atoms with Crippen molar-refractivity contribution in [2.75, 3.05) is 12.3 Å². The topological polar surface area (TPSA) is 173 Å². The van der Waals surface area contributed by atoms with E-state index in [4.69, 9.17) is 5.73 Å². The van der Waals surface area contributed by atoms with Crippen molar-refractivity contribution in [3.63, 3.8) is 0 Å². The first-order chi connectivity index (χ1) is 12.2. The lowest BCUT2D eigenvalue weighted by Gasteiger charge is -2.19. The number of amides is 1. The van der Waals surface area contributed by atoms with Crippen molar-refractivity contribution in [1.82, 2.24) is 5.32 Å². The Hall–Kier alpha value is -2.82. The minimum atomic E-state index is -1.48. The third-order valence-corrected chi connectivity index (χ3v) is 4.14. The van der Waals surface area contributed by atoms with Crippen LogP contribution in [0.4, 0.5) is 5.69 Å². The maximum Gasteiger partial charge on any atom is 0.310 e. The number of thioether (sulfide) groups is 1. The van der Waals surface area contributed by atoms with E-state index in [0.29, 0.717) is 5.56 Å². The monoisotopic (exact) mass is 384 g/mol. The van der Waals surface area contributed by atoms with Crippen molar-refractivity contribution < 1.29 is 29.7 Å². The standard InChI is InChI=1S/C12H14N2O6.C3H6N2S/c1-2-11(16)13-8(12(17)18)5-7-3-4-10(15)9(6-7)14(19)20;4-3-5-1-2-6-3/h3-4,6,8,15H,2,5H2,1H3,(H,13,16)(H,17,18);1-2H2,(H2,4,5). The number of benzene rings is 1. The van der Waals surface area contributed by atoms with E-state index in [1.807, 2.05) is 0 Å². The fraction of sp³-hybridized carbons (Fsp3) is 0.400. The summed E-state index contributed by atoms with van der Waals surface area (Å²) in [6.45, 7) is 2.60. The number of aliphatic carboxylic acids is 1. The number of aromatic hydroxyl groups is 1. The summed E-state index contributed by atoms with van der Waals surface area (Å²) in [6.07, 6.45) is -0.0608. The molecule has 0 saturated heterocycles. The first-order valence-electron chi connectivity index (χ1n) is 7.70. The van der Waals surface area contributed by atoms with Gasteiger partial charge in [-0.1, -0.05) is 13.0 Å². The molecule has 1 aliphatic heterocycles. The quantitative estimate of drug-likeness (QED) is 0.311. The number of phenolic OH excluding ortho intramolecular Hbond substituents is 1. The van der Waals surface area contributed by atoms with Crippen LogP contribution in [-0.4, -0.2) is 45.4 Å². The van der Waals surface area contributed by atoms with Gasteiger partial charge in [-0.25, -0.2) is 0 Å². The first kappa shape index (κ1) is 21.2. The lowest BCUT2D eigenvalue weighted by Crippen LogP contribution is -2.71. The van der Waals surface area contributed by atoms with Gasteiger partial charge in [0.1, 0.15) is 0 Å². The number of rotatable bonds is 6. The van der Waals surface area contributed by atoms with Gasteiger partial charge in [-0.3, -0.25) is 25.6 Å². The Balaban J connectivity index is 0.000000472. The molecule has 26 heavy (non-hydrogen) atoms. The molecule has 0 fully saturated rings. The lowest BCUT2D eigenvalue weighted by molar-refractivity contribution is -0.445. The molecule has 1 amide bonds. The summed E-state index contributed by atoms with van der Waals surface area (Å²) in [4.78, 5) is 35.0. The molecule has 5 N–H and O–H groups in total. The number of nitro benzene ring substituents is 1. The van der Waals surface area contributed by atoms with Gasteiger partial charge in [-0.2, -0.15) is 0 Å². The summed E-state index contributed by atoms with van der Waals surface area (Å²) in [6, 6.07) is 2.22. The molecular formula is C15H20N4O6S. The Morgan fingerprint density at radius 3 is 2.62 bits per heavy atom. The van der Waals surface area contributed by atoms with Gasteiger partial charge in [0.2, 0.25) is 5.91 Å². The highest BCUT2D eigenvalue weighted by molar-refractivity contribution is 8.13. The van der Waals surface area contributed by atoms with Crippen LogP contribution >= 0.6 is 11.8 Å². The number of carboxylic acids is 1. The molecule has 1 aromatic carbocycles. The number of nitrogens with zero attached hydrogens (tertiary/aromatic N) is 1. The molecule has 1 atom stereocenters. The number of nitrogens with two attached hydrogens (primary N) is 1. The van der Waals surface area contributed by atoms with Crippen LogP contribution in [0.2, 0.25) is 0 Å². The van der Waals surface area contributed by atoms with Crippen LogP contribution in [0.25, 0.3) is 0 Å². The predicted octanol–water partition coefficient (Wildman–Crippen LogP) is -2.38. The number of carbonyl (C=O) groups is 2. The molecule has 0 radical (unpaired) electrons. The third kappa shape index (κ3) is 6.97. The molecule has 142 valence electrons. The molecule has 1 aromatic rings. The maximum absolute atomic E-state index is 11.2. The van der Waals surface area contributed by atoms with Gasteiger partial charge in [0.05, 0.1) is 23.5 Å². The minimum Gasteiger partial charge on any atom is -0.548 e. The summed E-state index contributed by atoms with van der Waals surface area (Å²) in [5, 5.41) is 34.0. The number of carboxylic acid groups (broad SMARTS) is 1. The van der Waals surface area contributed by atoms with Crippen molar-refractivity contribution in [2.24, 2.45) is 5.73 Å². The molecule has 1 aliphatic rings. The second kappa shape index (κ2) is 10.2. The summed E-state index contributed by atoms with van der Waals surface area (Å²) in [5.74, 6) is -1.33. The van der Waals surface area contributed by atoms with Gasteiger partial charge in [0.15, 0.2) is 5.75 Å². The Bertz CT molecular complexity index is 709. The van der Waals surface area contributed by atoms with Crippen LogP contribution in [0, 0.1) is 10.1 Å². The van der Waals surface area contributed by atoms with E-state index < -0.39 is 34.3 Å². The second-order valence-electron chi connectivity index (χ2n) is 5.22. The van der Waals surface area contributed by atoms with E-state index >= 15 is 0 Å². The third-order valence-electron chi connectivity index (χ3n) is 3.28. The molecule has 1 unspecified atom stereocenters. The summed E-state index contributed by atoms with van der Waals surface area (Å²) in [7, 11) is 0. The number of nitrogens with one attached hydrogen (secondary N) is 2. The van der Waals surface area contributed by atoms with Gasteiger partial charge in [0.25, 0.3) is 0 Å². The van der Waals surface area contributed by atoms with E-state index in [2.05, 4.69) is 10.3 Å². The molecule has 0 bridgehead atoms. The van der Waals surface area contributed by atoms with Crippen molar-refractivity contribution in [1.29, 1.82) is 0 Å². The van der Waals surface area contributed by atoms with E-state index in [0.717, 1.165) is 29.6 Å². The minimum absolute atomic E-state index is 0.111. The highest BCUT2D eigenvalue weighted by Crippen LogP contribution is 2.26. The fourth-order valence-corrected chi connectivity index (χ4v) is 2.58. The molecule has 11 heteroatoms. The van der Waals surface area contributed by atoms with Crippen LogP contribution in [0.15, 0.2) is 18.2 Å². The zero-order valence-electron chi connectivity index (χ0n) is 14.1. The number of phenols is 1. The fourth-order valence-electron chi connectivity index (χ4n) is 1.95. The van der Waals surface area contributed by atoms with Crippen molar-refractivity contribution in [3.05, 3.63) is 33.9 Å². The Morgan fingerprint density at radius 2 is 2.19 bits per heavy atom. The van der Waals surface area contributed by atoms with Crippen LogP contribution in [-0.2, 0) is 16.0 Å². The number of amidine groups is 1. The zero-order chi connectivity index (χ0) is 19.7. The van der Waals surface area contributed by atoms with Gasteiger partial charge < -0.3 is 20.3 Å². The van der Waals surface area contributed by atoms with E-state index in [1.54, 1.807) is 18.7 Å². The zero-order valence-corrected chi connectivity index (χ0v) is 14.9. The largest absolute Gasteiger partial charge is 0.548 e. The molecule has 1 heterocycles. The predicted molar refractivity (Wildman–Crippen MR) is 93.2 cm³/mol. The molecule has 2 rings (SSSR count). The Kier molecular flexibility index (Phi) is 8.35. The highest BCUT2D eigenvalue weighted by Gasteiger charge is 2.18. The average molecular weight is 384 g/mol. The lowest BCUT2D eigenvalue weighted by atomic mass is 10.0. The number of hydrogen-bond acceptors (Lipinski definition) is 8. The summed E-state index contributed by atoms with van der Waals surface area (Å²) >= 11 is 1.68. The van der Waals surface area contributed by atoms with Crippen molar-refractivity contribution in [3.8, 4) is 5.75 Å². The molecule has 0 aliphatic carbocycles. The SMILES string of the molecule is CCC(=O)NC(Cc1ccc(O)c([N+](=O)[O-])c1)C(=O)[O-].NC1=[NH+]CCS1. The molecule has 0 aromatic heterocycles. The molecule has 0 saturated carbocycles. The van der Waals surface area contributed by atoms with Crippen molar-refractivity contribution >= 4 is 34.5 Å². The number of hydrogen-bond donors (Lipinski definition) is 4. The van der Waals surface area contributed by atoms with Crippen LogP contribution in [0.5, 0.6) is 5.75 Å². The van der Waals surface area contributed by atoms with Gasteiger partial charge in [-0.05, 0) is 29.8 Å². The van der Waals surface area contributed by atoms with Crippen LogP contribution in [0.1, 0.15) is 18.9 Å². The summed E-state index contributed by atoms with van der Waals surface area (Å²) in [5.41, 5.74) is 5.07. The smallest absolute Gasteiger partial charge is 0.310 e. The first-order valence-corrected chi connectivity index (χ1v) is 8.68. The van der Waals surface area contributed by atoms with Crippen LogP contribution in [0.3, 0.4) is 0 Å². The average Bonchev–Trinajstić information content (AvgIpc) is 3.06. The molecule has 0 spiro atoms. The number of carbonyl (C=O) groups excluding carboxylic acids is 2. The van der Waals surface area contributed by atoms with Crippen LogP contribution < -0.4 is 21.1 Å². The Morgan fingerprint density at radius 1 is 1.50 bits per heavy atom. The molecular weight excluding hydrogens is 364 g/mol. The molecule has 10 nitrogen and oxygen atoms in total. The number of nitro groups is 1. The van der Waals surface area contributed by atoms with Gasteiger partial charge in [-0.15, -0.1) is 0 Å². The van der Waals surface area contributed by atoms with Crippen molar-refractivity contribution in [2.45, 2.75) is 25.8 Å². The van der Waals surface area contributed by atoms with Gasteiger partial charge >= 0.3 is 10.9 Å². The Labute approximate surface area is 153 Å². The van der Waals surface area contributed by atoms with Gasteiger partial charge in [0, 0.05) is 18.2 Å². The second-order valence-corrected chi connectivity index (χ2v) is 6.35. The maximum atomic E-state index is 11.2. The normalized spacial score (nSPS) is 13.8. The van der Waals surface area contributed by atoms with E-state index in [9.17, 15) is 29.9 Å².